The van der Waals surface area contributed by atoms with Crippen molar-refractivity contribution < 1.29 is 4.79 Å². The summed E-state index contributed by atoms with van der Waals surface area (Å²) in [5.41, 5.74) is -0.128. The lowest BCUT2D eigenvalue weighted by atomic mass is 9.76. The van der Waals surface area contributed by atoms with Crippen LogP contribution in [0.25, 0.3) is 0 Å². The van der Waals surface area contributed by atoms with Crippen LogP contribution in [0.1, 0.15) is 45.4 Å². The van der Waals surface area contributed by atoms with Crippen molar-refractivity contribution >= 4 is 5.91 Å². The zero-order chi connectivity index (χ0) is 12.6. The minimum Gasteiger partial charge on any atom is -0.356 e. The highest BCUT2D eigenvalue weighted by atomic mass is 16.2. The fourth-order valence-corrected chi connectivity index (χ4v) is 2.39. The van der Waals surface area contributed by atoms with Crippen LogP contribution in [0.15, 0.2) is 0 Å². The van der Waals surface area contributed by atoms with Gasteiger partial charge in [-0.25, -0.2) is 0 Å². The van der Waals surface area contributed by atoms with Gasteiger partial charge < -0.3 is 10.6 Å². The summed E-state index contributed by atoms with van der Waals surface area (Å²) in [4.78, 5) is 12.2. The number of unbranched alkanes of at least 4 members (excludes halogenated alkanes) is 2. The summed E-state index contributed by atoms with van der Waals surface area (Å²) in [6.07, 6.45) is 10.8. The van der Waals surface area contributed by atoms with Crippen LogP contribution < -0.4 is 10.6 Å². The van der Waals surface area contributed by atoms with Crippen molar-refractivity contribution in [1.29, 1.82) is 0 Å². The van der Waals surface area contributed by atoms with Gasteiger partial charge in [0.2, 0.25) is 5.91 Å². The third kappa shape index (κ3) is 4.05. The van der Waals surface area contributed by atoms with E-state index in [0.717, 1.165) is 58.2 Å². The maximum absolute atomic E-state index is 12.2. The number of rotatable bonds is 6. The topological polar surface area (TPSA) is 41.1 Å². The minimum atomic E-state index is -0.128. The van der Waals surface area contributed by atoms with E-state index in [1.54, 1.807) is 0 Å². The van der Waals surface area contributed by atoms with Crippen molar-refractivity contribution in [2.45, 2.75) is 45.4 Å². The lowest BCUT2D eigenvalue weighted by molar-refractivity contribution is -0.132. The molecule has 0 aliphatic carbocycles. The largest absolute Gasteiger partial charge is 0.356 e. The Morgan fingerprint density at radius 3 is 2.71 bits per heavy atom. The first-order chi connectivity index (χ1) is 8.25. The Bertz CT molecular complexity index is 274. The molecule has 0 aromatic carbocycles. The van der Waals surface area contributed by atoms with Crippen LogP contribution in [0.5, 0.6) is 0 Å². The van der Waals surface area contributed by atoms with Crippen molar-refractivity contribution in [2.24, 2.45) is 5.41 Å². The van der Waals surface area contributed by atoms with Gasteiger partial charge in [-0.1, -0.05) is 6.92 Å². The maximum Gasteiger partial charge on any atom is 0.226 e. The molecule has 2 N–H and O–H groups in total. The van der Waals surface area contributed by atoms with Crippen LogP contribution in [0.3, 0.4) is 0 Å². The normalized spacial score (nSPS) is 18.4. The second kappa shape index (κ2) is 7.34. The SMILES string of the molecule is C#CCCCCNC(=O)C1(CC)CCNCC1. The van der Waals surface area contributed by atoms with E-state index in [1.165, 1.54) is 0 Å². The third-order valence-electron chi connectivity index (χ3n) is 3.75. The predicted molar refractivity (Wildman–Crippen MR) is 70.5 cm³/mol. The molecule has 96 valence electrons. The van der Waals surface area contributed by atoms with Crippen LogP contribution in [0, 0.1) is 17.8 Å². The van der Waals surface area contributed by atoms with Crippen LogP contribution in [-0.2, 0) is 4.79 Å². The van der Waals surface area contributed by atoms with Crippen LogP contribution >= 0.6 is 0 Å². The molecular formula is C14H24N2O. The molecule has 1 aliphatic heterocycles. The van der Waals surface area contributed by atoms with Crippen LogP contribution in [0.2, 0.25) is 0 Å². The highest BCUT2D eigenvalue weighted by Crippen LogP contribution is 2.32. The Balaban J connectivity index is 2.31. The molecular weight excluding hydrogens is 212 g/mol. The van der Waals surface area contributed by atoms with Gasteiger partial charge in [0, 0.05) is 13.0 Å². The lowest BCUT2D eigenvalue weighted by Gasteiger charge is -2.35. The fraction of sp³-hybridized carbons (Fsp3) is 0.786. The van der Waals surface area contributed by atoms with Gasteiger partial charge in [0.05, 0.1) is 5.41 Å². The first-order valence-electron chi connectivity index (χ1n) is 6.67. The van der Waals surface area contributed by atoms with Crippen molar-refractivity contribution in [1.82, 2.24) is 10.6 Å². The van der Waals surface area contributed by atoms with Gasteiger partial charge in [-0.05, 0) is 45.2 Å². The first-order valence-corrected chi connectivity index (χ1v) is 6.67. The number of piperidine rings is 1. The number of amides is 1. The molecule has 0 saturated carbocycles. The van der Waals surface area contributed by atoms with E-state index in [2.05, 4.69) is 23.5 Å². The van der Waals surface area contributed by atoms with E-state index < -0.39 is 0 Å². The Labute approximate surface area is 105 Å². The Morgan fingerprint density at radius 2 is 2.12 bits per heavy atom. The third-order valence-corrected chi connectivity index (χ3v) is 3.75. The monoisotopic (exact) mass is 236 g/mol. The molecule has 0 aromatic rings. The average molecular weight is 236 g/mol. The summed E-state index contributed by atoms with van der Waals surface area (Å²) >= 11 is 0. The highest BCUT2D eigenvalue weighted by molar-refractivity contribution is 5.82. The molecule has 0 bridgehead atoms. The Hall–Kier alpha value is -1.01. The van der Waals surface area contributed by atoms with Gasteiger partial charge in [-0.2, -0.15) is 0 Å². The standard InChI is InChI=1S/C14H24N2O/c1-3-5-6-7-10-16-13(17)14(4-2)8-11-15-12-9-14/h1,15H,4-12H2,2H3,(H,16,17). The number of nitrogens with one attached hydrogen (secondary N) is 2. The van der Waals surface area contributed by atoms with E-state index in [1.807, 2.05) is 0 Å². The molecule has 3 nitrogen and oxygen atoms in total. The van der Waals surface area contributed by atoms with Crippen LogP contribution in [0.4, 0.5) is 0 Å². The quantitative estimate of drug-likeness (QED) is 0.544. The molecule has 1 saturated heterocycles. The lowest BCUT2D eigenvalue weighted by Crippen LogP contribution is -2.47. The molecule has 0 aromatic heterocycles. The van der Waals surface area contributed by atoms with Gasteiger partial charge in [-0.15, -0.1) is 12.3 Å². The summed E-state index contributed by atoms with van der Waals surface area (Å²) in [5, 5.41) is 6.38. The minimum absolute atomic E-state index is 0.128. The summed E-state index contributed by atoms with van der Waals surface area (Å²) in [6.45, 7) is 4.79. The summed E-state index contributed by atoms with van der Waals surface area (Å²) in [7, 11) is 0. The van der Waals surface area contributed by atoms with Gasteiger partial charge in [0.15, 0.2) is 0 Å². The number of carbonyl (C=O) groups excluding carboxylic acids is 1. The Morgan fingerprint density at radius 1 is 1.41 bits per heavy atom. The smallest absolute Gasteiger partial charge is 0.226 e. The fourth-order valence-electron chi connectivity index (χ4n) is 2.39. The molecule has 1 fully saturated rings. The van der Waals surface area contributed by atoms with Gasteiger partial charge in [0.25, 0.3) is 0 Å². The van der Waals surface area contributed by atoms with Gasteiger partial charge >= 0.3 is 0 Å². The van der Waals surface area contributed by atoms with Crippen molar-refractivity contribution in [3.05, 3.63) is 0 Å². The Kier molecular flexibility index (Phi) is 6.07. The van der Waals surface area contributed by atoms with E-state index in [-0.39, 0.29) is 11.3 Å². The molecule has 0 atom stereocenters. The predicted octanol–water partition coefficient (Wildman–Crippen LogP) is 1.69. The number of carbonyl (C=O) groups is 1. The molecule has 1 heterocycles. The van der Waals surface area contributed by atoms with E-state index >= 15 is 0 Å². The summed E-state index contributed by atoms with van der Waals surface area (Å²) in [6, 6.07) is 0. The molecule has 3 heteroatoms. The van der Waals surface area contributed by atoms with Gasteiger partial charge in [-0.3, -0.25) is 4.79 Å². The van der Waals surface area contributed by atoms with Crippen molar-refractivity contribution in [2.75, 3.05) is 19.6 Å². The number of hydrogen-bond acceptors (Lipinski definition) is 2. The molecule has 0 spiro atoms. The number of hydrogen-bond donors (Lipinski definition) is 2. The van der Waals surface area contributed by atoms with Crippen molar-refractivity contribution in [3.63, 3.8) is 0 Å². The molecule has 0 unspecified atom stereocenters. The van der Waals surface area contributed by atoms with Crippen LogP contribution in [-0.4, -0.2) is 25.5 Å². The summed E-state index contributed by atoms with van der Waals surface area (Å²) < 4.78 is 0. The highest BCUT2D eigenvalue weighted by Gasteiger charge is 2.37. The summed E-state index contributed by atoms with van der Waals surface area (Å²) in [5.74, 6) is 2.86. The van der Waals surface area contributed by atoms with E-state index in [9.17, 15) is 4.79 Å². The molecule has 17 heavy (non-hydrogen) atoms. The van der Waals surface area contributed by atoms with Gasteiger partial charge in [0.1, 0.15) is 0 Å². The van der Waals surface area contributed by atoms with E-state index in [0.29, 0.717) is 0 Å². The molecule has 0 radical (unpaired) electrons. The first kappa shape index (κ1) is 14.1. The maximum atomic E-state index is 12.2. The second-order valence-corrected chi connectivity index (χ2v) is 4.80. The molecule has 1 amide bonds. The second-order valence-electron chi connectivity index (χ2n) is 4.80. The average Bonchev–Trinajstić information content (AvgIpc) is 2.39. The zero-order valence-corrected chi connectivity index (χ0v) is 10.8. The van der Waals surface area contributed by atoms with Crippen molar-refractivity contribution in [3.8, 4) is 12.3 Å². The zero-order valence-electron chi connectivity index (χ0n) is 10.8. The van der Waals surface area contributed by atoms with E-state index in [4.69, 9.17) is 6.42 Å². The molecule has 1 rings (SSSR count). The number of terminal acetylenes is 1. The molecule has 1 aliphatic rings.